The van der Waals surface area contributed by atoms with Gasteiger partial charge in [0.25, 0.3) is 11.8 Å². The first-order valence-corrected chi connectivity index (χ1v) is 10.9. The molecule has 1 unspecified atom stereocenters. The van der Waals surface area contributed by atoms with E-state index in [1.165, 1.54) is 5.56 Å². The lowest BCUT2D eigenvalue weighted by Crippen LogP contribution is -2.51. The largest absolute Gasteiger partial charge is 0.342 e. The topological polar surface area (TPSA) is 49.9 Å². The van der Waals surface area contributed by atoms with Crippen molar-refractivity contribution in [1.82, 2.24) is 9.80 Å². The lowest BCUT2D eigenvalue weighted by atomic mass is 9.89. The molecule has 0 bridgehead atoms. The van der Waals surface area contributed by atoms with Gasteiger partial charge >= 0.3 is 0 Å². The van der Waals surface area contributed by atoms with Crippen LogP contribution in [0.1, 0.15) is 58.8 Å². The quantitative estimate of drug-likeness (QED) is 0.760. The molecule has 0 aliphatic carbocycles. The van der Waals surface area contributed by atoms with Gasteiger partial charge in [0.05, 0.1) is 6.04 Å². The van der Waals surface area contributed by atoms with Crippen LogP contribution in [0.5, 0.6) is 0 Å². The van der Waals surface area contributed by atoms with Gasteiger partial charge in [-0.3, -0.25) is 9.59 Å². The van der Waals surface area contributed by atoms with E-state index in [4.69, 9.17) is 4.74 Å². The second-order valence-electron chi connectivity index (χ2n) is 8.89. The molecule has 3 heterocycles. The average molecular weight is 405 g/mol. The molecular formula is C25H28N2O3. The summed E-state index contributed by atoms with van der Waals surface area (Å²) in [4.78, 5) is 30.4. The minimum atomic E-state index is -0.767. The molecule has 0 radical (unpaired) electrons. The van der Waals surface area contributed by atoms with Crippen molar-refractivity contribution in [2.24, 2.45) is 0 Å². The van der Waals surface area contributed by atoms with E-state index in [1.54, 1.807) is 0 Å². The van der Waals surface area contributed by atoms with Crippen LogP contribution in [0.25, 0.3) is 0 Å². The third-order valence-electron chi connectivity index (χ3n) is 6.99. The average Bonchev–Trinajstić information content (AvgIpc) is 3.29. The van der Waals surface area contributed by atoms with Crippen molar-refractivity contribution >= 4 is 11.8 Å². The van der Waals surface area contributed by atoms with Crippen LogP contribution >= 0.6 is 0 Å². The van der Waals surface area contributed by atoms with Gasteiger partial charge in [-0.25, -0.2) is 0 Å². The summed E-state index contributed by atoms with van der Waals surface area (Å²) in [7, 11) is 0. The number of rotatable bonds is 2. The molecule has 3 fully saturated rings. The summed E-state index contributed by atoms with van der Waals surface area (Å²) in [5.41, 5.74) is 3.24. The molecule has 2 atom stereocenters. The Kier molecular flexibility index (Phi) is 4.66. The van der Waals surface area contributed by atoms with Crippen LogP contribution in [0, 0.1) is 13.8 Å². The number of aryl methyl sites for hydroxylation is 2. The maximum Gasteiger partial charge on any atom is 0.257 e. The van der Waals surface area contributed by atoms with Crippen LogP contribution in [-0.4, -0.2) is 46.5 Å². The maximum absolute atomic E-state index is 13.5. The second-order valence-corrected chi connectivity index (χ2v) is 8.89. The summed E-state index contributed by atoms with van der Waals surface area (Å²) >= 11 is 0. The Labute approximate surface area is 177 Å². The standard InChI is InChI=1S/C25H28N2O3/c1-17-8-9-18(2)20(16-17)23(28)26-14-12-25(13-15-26)24(29)27-21(10-11-22(27)30-25)19-6-4-3-5-7-19/h3-9,16,21-22H,10-15H2,1-2H3/t21-,22?/m0/s1. The Morgan fingerprint density at radius 1 is 1.03 bits per heavy atom. The molecule has 2 amide bonds. The van der Waals surface area contributed by atoms with Crippen molar-refractivity contribution in [2.75, 3.05) is 13.1 Å². The number of ether oxygens (including phenoxy) is 1. The molecule has 3 aliphatic heterocycles. The van der Waals surface area contributed by atoms with Crippen LogP contribution in [0.4, 0.5) is 0 Å². The molecule has 3 aliphatic rings. The second kappa shape index (κ2) is 7.24. The van der Waals surface area contributed by atoms with Crippen molar-refractivity contribution in [1.29, 1.82) is 0 Å². The van der Waals surface area contributed by atoms with E-state index in [0.717, 1.165) is 29.5 Å². The molecule has 2 aromatic carbocycles. The number of amides is 2. The highest BCUT2D eigenvalue weighted by Gasteiger charge is 2.58. The fourth-order valence-corrected chi connectivity index (χ4v) is 5.26. The van der Waals surface area contributed by atoms with E-state index < -0.39 is 5.60 Å². The highest BCUT2D eigenvalue weighted by molar-refractivity contribution is 5.96. The minimum Gasteiger partial charge on any atom is -0.342 e. The Morgan fingerprint density at radius 2 is 1.77 bits per heavy atom. The van der Waals surface area contributed by atoms with E-state index in [2.05, 4.69) is 12.1 Å². The summed E-state index contributed by atoms with van der Waals surface area (Å²) in [5, 5.41) is 0. The van der Waals surface area contributed by atoms with Gasteiger partial charge in [0.1, 0.15) is 6.23 Å². The summed E-state index contributed by atoms with van der Waals surface area (Å²) < 4.78 is 6.39. The Morgan fingerprint density at radius 3 is 2.50 bits per heavy atom. The molecule has 2 aromatic rings. The normalized spacial score (nSPS) is 25.1. The van der Waals surface area contributed by atoms with Crippen LogP contribution in [0.2, 0.25) is 0 Å². The van der Waals surface area contributed by atoms with Gasteiger partial charge in [0.15, 0.2) is 5.60 Å². The maximum atomic E-state index is 13.5. The number of hydrogen-bond donors (Lipinski definition) is 0. The van der Waals surface area contributed by atoms with E-state index in [-0.39, 0.29) is 24.1 Å². The molecule has 3 saturated heterocycles. The number of piperidine rings is 1. The van der Waals surface area contributed by atoms with E-state index in [9.17, 15) is 9.59 Å². The van der Waals surface area contributed by atoms with Crippen molar-refractivity contribution in [3.63, 3.8) is 0 Å². The van der Waals surface area contributed by atoms with Crippen LogP contribution in [0.3, 0.4) is 0 Å². The molecule has 5 rings (SSSR count). The van der Waals surface area contributed by atoms with Gasteiger partial charge < -0.3 is 14.5 Å². The van der Waals surface area contributed by atoms with E-state index in [1.807, 2.05) is 60.0 Å². The number of likely N-dealkylation sites (tertiary alicyclic amines) is 1. The SMILES string of the molecule is Cc1ccc(C)c(C(=O)N2CCC3(CC2)OC2CC[C@@H](c4ccccc4)N2C3=O)c1. The van der Waals surface area contributed by atoms with Gasteiger partial charge in [-0.1, -0.05) is 48.0 Å². The first-order valence-electron chi connectivity index (χ1n) is 10.9. The van der Waals surface area contributed by atoms with Gasteiger partial charge in [0.2, 0.25) is 0 Å². The van der Waals surface area contributed by atoms with Crippen LogP contribution in [0.15, 0.2) is 48.5 Å². The zero-order chi connectivity index (χ0) is 20.9. The zero-order valence-electron chi connectivity index (χ0n) is 17.6. The first kappa shape index (κ1) is 19.3. The Bertz CT molecular complexity index is 979. The van der Waals surface area contributed by atoms with Crippen LogP contribution < -0.4 is 0 Å². The van der Waals surface area contributed by atoms with Crippen LogP contribution in [-0.2, 0) is 9.53 Å². The van der Waals surface area contributed by atoms with Gasteiger partial charge in [0, 0.05) is 31.5 Å². The molecule has 5 heteroatoms. The summed E-state index contributed by atoms with van der Waals surface area (Å²) in [5.74, 6) is 0.164. The first-order chi connectivity index (χ1) is 14.5. The Balaban J connectivity index is 1.31. The number of carbonyl (C=O) groups excluding carboxylic acids is 2. The van der Waals surface area contributed by atoms with Gasteiger partial charge in [-0.15, -0.1) is 0 Å². The molecule has 0 aromatic heterocycles. The third-order valence-corrected chi connectivity index (χ3v) is 6.99. The number of nitrogens with zero attached hydrogens (tertiary/aromatic N) is 2. The monoisotopic (exact) mass is 404 g/mol. The Hall–Kier alpha value is -2.66. The predicted molar refractivity (Wildman–Crippen MR) is 114 cm³/mol. The fourth-order valence-electron chi connectivity index (χ4n) is 5.26. The fraction of sp³-hybridized carbons (Fsp3) is 0.440. The van der Waals surface area contributed by atoms with Gasteiger partial charge in [-0.2, -0.15) is 0 Å². The highest BCUT2D eigenvalue weighted by atomic mass is 16.6. The molecule has 30 heavy (non-hydrogen) atoms. The smallest absolute Gasteiger partial charge is 0.257 e. The molecule has 0 N–H and O–H groups in total. The minimum absolute atomic E-state index is 0.0548. The molecule has 1 spiro atoms. The summed E-state index contributed by atoms with van der Waals surface area (Å²) in [6.45, 7) is 5.08. The van der Waals surface area contributed by atoms with E-state index in [0.29, 0.717) is 25.9 Å². The molecule has 0 saturated carbocycles. The van der Waals surface area contributed by atoms with E-state index >= 15 is 0 Å². The number of hydrogen-bond acceptors (Lipinski definition) is 3. The lowest BCUT2D eigenvalue weighted by Gasteiger charge is -2.37. The summed E-state index contributed by atoms with van der Waals surface area (Å²) in [6, 6.07) is 16.3. The number of carbonyl (C=O) groups is 2. The molecule has 5 nitrogen and oxygen atoms in total. The molecule has 156 valence electrons. The highest BCUT2D eigenvalue weighted by Crippen LogP contribution is 2.47. The van der Waals surface area contributed by atoms with Crippen molar-refractivity contribution in [3.05, 3.63) is 70.8 Å². The van der Waals surface area contributed by atoms with Crippen molar-refractivity contribution in [2.45, 2.75) is 57.4 Å². The van der Waals surface area contributed by atoms with Crippen molar-refractivity contribution < 1.29 is 14.3 Å². The number of fused-ring (bicyclic) bond motifs is 1. The predicted octanol–water partition coefficient (Wildman–Crippen LogP) is 4.00. The number of benzene rings is 2. The van der Waals surface area contributed by atoms with Crippen molar-refractivity contribution in [3.8, 4) is 0 Å². The zero-order valence-corrected chi connectivity index (χ0v) is 17.6. The molecular weight excluding hydrogens is 376 g/mol. The summed E-state index contributed by atoms with van der Waals surface area (Å²) in [6.07, 6.45) is 2.81. The lowest BCUT2D eigenvalue weighted by molar-refractivity contribution is -0.142. The van der Waals surface area contributed by atoms with Gasteiger partial charge in [-0.05, 0) is 43.9 Å². The third kappa shape index (κ3) is 3.03.